The van der Waals surface area contributed by atoms with Crippen molar-refractivity contribution >= 4 is 33.9 Å². The van der Waals surface area contributed by atoms with E-state index in [-0.39, 0.29) is 6.54 Å². The van der Waals surface area contributed by atoms with Crippen LogP contribution in [0.1, 0.15) is 5.56 Å². The molecular weight excluding hydrogens is 310 g/mol. The van der Waals surface area contributed by atoms with Gasteiger partial charge in [0.2, 0.25) is 5.91 Å². The van der Waals surface area contributed by atoms with E-state index in [1.165, 1.54) is 6.08 Å². The number of amides is 1. The fourth-order valence-corrected chi connectivity index (χ4v) is 1.60. The lowest BCUT2D eigenvalue weighted by atomic mass is 10.2. The molecule has 0 unspecified atom stereocenters. The lowest BCUT2D eigenvalue weighted by molar-refractivity contribution is -0.142. The summed E-state index contributed by atoms with van der Waals surface area (Å²) in [6.45, 7) is -0.441. The number of nitrogens with zero attached hydrogens (tertiary/aromatic N) is 1. The molecular formula is C14H12BrNO3. The van der Waals surface area contributed by atoms with Gasteiger partial charge in [-0.1, -0.05) is 34.0 Å². The van der Waals surface area contributed by atoms with E-state index in [0.717, 1.165) is 14.9 Å². The third kappa shape index (κ3) is 5.40. The Kier molecular flexibility index (Phi) is 5.83. The summed E-state index contributed by atoms with van der Waals surface area (Å²) in [7, 11) is 0. The lowest BCUT2D eigenvalue weighted by Gasteiger charge is -2.15. The molecule has 0 aliphatic carbocycles. The minimum absolute atomic E-state index is 0.0319. The van der Waals surface area contributed by atoms with Gasteiger partial charge < -0.3 is 10.0 Å². The number of rotatable bonds is 5. The molecule has 0 heterocycles. The highest BCUT2D eigenvalue weighted by molar-refractivity contribution is 9.10. The van der Waals surface area contributed by atoms with Gasteiger partial charge >= 0.3 is 5.97 Å². The smallest absolute Gasteiger partial charge is 0.323 e. The molecule has 5 heteroatoms. The predicted molar refractivity (Wildman–Crippen MR) is 76.2 cm³/mol. The predicted octanol–water partition coefficient (Wildman–Crippen LogP) is 2.01. The maximum atomic E-state index is 11.8. The summed E-state index contributed by atoms with van der Waals surface area (Å²) >= 11 is 3.31. The van der Waals surface area contributed by atoms with Gasteiger partial charge in [0.05, 0.1) is 6.54 Å². The molecule has 0 spiro atoms. The number of carbonyl (C=O) groups excluding carboxylic acids is 1. The molecule has 19 heavy (non-hydrogen) atoms. The van der Waals surface area contributed by atoms with Crippen molar-refractivity contribution in [2.24, 2.45) is 0 Å². The third-order valence-corrected chi connectivity index (χ3v) is 2.74. The first-order valence-corrected chi connectivity index (χ1v) is 6.20. The van der Waals surface area contributed by atoms with Crippen LogP contribution in [0.2, 0.25) is 0 Å². The summed E-state index contributed by atoms with van der Waals surface area (Å²) in [4.78, 5) is 23.5. The lowest BCUT2D eigenvalue weighted by Crippen LogP contribution is -2.34. The topological polar surface area (TPSA) is 57.6 Å². The minimum Gasteiger partial charge on any atom is -0.480 e. The summed E-state index contributed by atoms with van der Waals surface area (Å²) in [6.07, 6.45) is 8.02. The maximum absolute atomic E-state index is 11.8. The SMILES string of the molecule is C#CCN(CC(=O)O)C(=O)C=Cc1ccc(Br)cc1. The number of aliphatic carboxylic acids is 1. The van der Waals surface area contributed by atoms with Crippen LogP contribution in [0.4, 0.5) is 0 Å². The van der Waals surface area contributed by atoms with E-state index in [2.05, 4.69) is 21.9 Å². The van der Waals surface area contributed by atoms with Crippen molar-refractivity contribution in [1.82, 2.24) is 4.90 Å². The van der Waals surface area contributed by atoms with Crippen LogP contribution in [0.15, 0.2) is 34.8 Å². The van der Waals surface area contributed by atoms with E-state index >= 15 is 0 Å². The second-order valence-electron chi connectivity index (χ2n) is 3.68. The van der Waals surface area contributed by atoms with Gasteiger partial charge in [0.1, 0.15) is 6.54 Å². The average molecular weight is 322 g/mol. The highest BCUT2D eigenvalue weighted by Crippen LogP contribution is 2.11. The molecule has 4 nitrogen and oxygen atoms in total. The quantitative estimate of drug-likeness (QED) is 0.666. The van der Waals surface area contributed by atoms with Crippen molar-refractivity contribution in [2.75, 3.05) is 13.1 Å². The summed E-state index contributed by atoms with van der Waals surface area (Å²) in [6, 6.07) is 7.36. The normalized spacial score (nSPS) is 10.1. The number of hydrogen-bond donors (Lipinski definition) is 1. The van der Waals surface area contributed by atoms with Gasteiger partial charge in [-0.2, -0.15) is 0 Å². The molecule has 0 bridgehead atoms. The van der Waals surface area contributed by atoms with Crippen molar-refractivity contribution < 1.29 is 14.7 Å². The zero-order valence-electron chi connectivity index (χ0n) is 10.0. The maximum Gasteiger partial charge on any atom is 0.323 e. The zero-order chi connectivity index (χ0) is 14.3. The van der Waals surface area contributed by atoms with Gasteiger partial charge in [-0.15, -0.1) is 6.42 Å². The van der Waals surface area contributed by atoms with Gasteiger partial charge in [-0.25, -0.2) is 0 Å². The molecule has 1 amide bonds. The van der Waals surface area contributed by atoms with Crippen molar-refractivity contribution in [2.45, 2.75) is 0 Å². The molecule has 0 radical (unpaired) electrons. The molecule has 1 aromatic carbocycles. The number of carboxylic acids is 1. The van der Waals surface area contributed by atoms with Crippen molar-refractivity contribution in [3.63, 3.8) is 0 Å². The van der Waals surface area contributed by atoms with Crippen LogP contribution in [0.25, 0.3) is 6.08 Å². The molecule has 0 atom stereocenters. The third-order valence-electron chi connectivity index (χ3n) is 2.21. The first-order valence-electron chi connectivity index (χ1n) is 5.40. The van der Waals surface area contributed by atoms with E-state index < -0.39 is 18.4 Å². The molecule has 0 fully saturated rings. The molecule has 98 valence electrons. The Balaban J connectivity index is 2.73. The van der Waals surface area contributed by atoms with Crippen LogP contribution in [0.3, 0.4) is 0 Å². The highest BCUT2D eigenvalue weighted by atomic mass is 79.9. The standard InChI is InChI=1S/C14H12BrNO3/c1-2-9-16(10-14(18)19)13(17)8-5-11-3-6-12(15)7-4-11/h1,3-8H,9-10H2,(H,18,19). The summed E-state index contributed by atoms with van der Waals surface area (Å²) in [5, 5.41) is 8.68. The van der Waals surface area contributed by atoms with E-state index in [1.807, 2.05) is 24.3 Å². The van der Waals surface area contributed by atoms with Crippen molar-refractivity contribution in [3.8, 4) is 12.3 Å². The first-order chi connectivity index (χ1) is 9.02. The zero-order valence-corrected chi connectivity index (χ0v) is 11.6. The van der Waals surface area contributed by atoms with E-state index in [1.54, 1.807) is 6.08 Å². The second-order valence-corrected chi connectivity index (χ2v) is 4.59. The number of carboxylic acid groups (broad SMARTS) is 1. The van der Waals surface area contributed by atoms with E-state index in [0.29, 0.717) is 0 Å². The highest BCUT2D eigenvalue weighted by Gasteiger charge is 2.12. The van der Waals surface area contributed by atoms with Crippen molar-refractivity contribution in [3.05, 3.63) is 40.4 Å². The number of carbonyl (C=O) groups is 2. The van der Waals surface area contributed by atoms with Crippen LogP contribution < -0.4 is 0 Å². The van der Waals surface area contributed by atoms with Crippen LogP contribution in [0, 0.1) is 12.3 Å². The first kappa shape index (κ1) is 15.0. The minimum atomic E-state index is -1.10. The van der Waals surface area contributed by atoms with E-state index in [9.17, 15) is 9.59 Å². The molecule has 0 saturated heterocycles. The Morgan fingerprint density at radius 3 is 2.53 bits per heavy atom. The van der Waals surface area contributed by atoms with Gasteiger partial charge in [0, 0.05) is 10.5 Å². The van der Waals surface area contributed by atoms with E-state index in [4.69, 9.17) is 11.5 Å². The fraction of sp³-hybridized carbons (Fsp3) is 0.143. The number of halogens is 1. The molecule has 1 N–H and O–H groups in total. The summed E-state index contributed by atoms with van der Waals surface area (Å²) in [5.41, 5.74) is 0.840. The monoisotopic (exact) mass is 321 g/mol. The summed E-state index contributed by atoms with van der Waals surface area (Å²) in [5.74, 6) is 0.737. The second kappa shape index (κ2) is 7.39. The fourth-order valence-electron chi connectivity index (χ4n) is 1.33. The Hall–Kier alpha value is -2.06. The Bertz CT molecular complexity index is 529. The van der Waals surface area contributed by atoms with Crippen LogP contribution >= 0.6 is 15.9 Å². The number of terminal acetylenes is 1. The average Bonchev–Trinajstić information content (AvgIpc) is 2.37. The molecule has 0 aliphatic heterocycles. The molecule has 1 aromatic rings. The largest absolute Gasteiger partial charge is 0.480 e. The summed E-state index contributed by atoms with van der Waals surface area (Å²) < 4.78 is 0.941. The van der Waals surface area contributed by atoms with Gasteiger partial charge in [-0.05, 0) is 23.8 Å². The molecule has 0 aliphatic rings. The molecule has 1 rings (SSSR count). The number of benzene rings is 1. The number of hydrogen-bond acceptors (Lipinski definition) is 2. The van der Waals surface area contributed by atoms with Gasteiger partial charge in [-0.3, -0.25) is 9.59 Å². The van der Waals surface area contributed by atoms with Crippen LogP contribution in [-0.4, -0.2) is 35.0 Å². The van der Waals surface area contributed by atoms with Gasteiger partial charge in [0.15, 0.2) is 0 Å². The van der Waals surface area contributed by atoms with Crippen LogP contribution in [0.5, 0.6) is 0 Å². The molecule has 0 saturated carbocycles. The van der Waals surface area contributed by atoms with Crippen molar-refractivity contribution in [1.29, 1.82) is 0 Å². The Morgan fingerprint density at radius 2 is 2.00 bits per heavy atom. The molecule has 0 aromatic heterocycles. The Morgan fingerprint density at radius 1 is 1.37 bits per heavy atom. The Labute approximate surface area is 119 Å². The van der Waals surface area contributed by atoms with Crippen LogP contribution in [-0.2, 0) is 9.59 Å². The van der Waals surface area contributed by atoms with Gasteiger partial charge in [0.25, 0.3) is 0 Å².